The van der Waals surface area contributed by atoms with E-state index < -0.39 is 18.2 Å². The molecule has 0 unspecified atom stereocenters. The second-order valence-corrected chi connectivity index (χ2v) is 6.02. The lowest BCUT2D eigenvalue weighted by molar-refractivity contribution is -0.136. The van der Waals surface area contributed by atoms with Crippen LogP contribution < -0.4 is 5.32 Å². The summed E-state index contributed by atoms with van der Waals surface area (Å²) in [7, 11) is 0. The molecule has 1 saturated heterocycles. The second-order valence-electron chi connectivity index (χ2n) is 6.02. The molecule has 0 aliphatic carbocycles. The van der Waals surface area contributed by atoms with Crippen LogP contribution in [0.25, 0.3) is 0 Å². The first kappa shape index (κ1) is 17.1. The van der Waals surface area contributed by atoms with Gasteiger partial charge in [0.25, 0.3) is 5.91 Å². The molecule has 130 valence electrons. The van der Waals surface area contributed by atoms with E-state index in [1.54, 1.807) is 6.07 Å². The zero-order chi connectivity index (χ0) is 17.8. The lowest BCUT2D eigenvalue weighted by Gasteiger charge is -2.11. The Morgan fingerprint density at radius 3 is 2.76 bits per heavy atom. The lowest BCUT2D eigenvalue weighted by atomic mass is 9.96. The predicted molar refractivity (Wildman–Crippen MR) is 90.3 cm³/mol. The van der Waals surface area contributed by atoms with Crippen LogP contribution in [0, 0.1) is 5.82 Å². The minimum Gasteiger partial charge on any atom is -0.481 e. The van der Waals surface area contributed by atoms with Gasteiger partial charge < -0.3 is 15.2 Å². The van der Waals surface area contributed by atoms with Gasteiger partial charge in [-0.2, -0.15) is 0 Å². The molecular weight excluding hydrogens is 325 g/mol. The molecule has 5 nitrogen and oxygen atoms in total. The first-order chi connectivity index (χ1) is 12.0. The molecule has 1 fully saturated rings. The van der Waals surface area contributed by atoms with E-state index in [1.165, 1.54) is 12.1 Å². The molecule has 25 heavy (non-hydrogen) atoms. The first-order valence-electron chi connectivity index (χ1n) is 8.02. The quantitative estimate of drug-likeness (QED) is 0.874. The number of carboxylic acids is 1. The van der Waals surface area contributed by atoms with Crippen LogP contribution in [0.1, 0.15) is 33.8 Å². The number of halogens is 1. The topological polar surface area (TPSA) is 75.6 Å². The molecule has 2 N–H and O–H groups in total. The molecular formula is C19H18FNO4. The number of hydrogen-bond acceptors (Lipinski definition) is 3. The summed E-state index contributed by atoms with van der Waals surface area (Å²) in [6, 6.07) is 11.3. The van der Waals surface area contributed by atoms with E-state index in [9.17, 15) is 14.0 Å². The highest BCUT2D eigenvalue weighted by molar-refractivity contribution is 6.04. The standard InChI is InChI=1S/C19H18FNO4/c20-17-10-16(5-4-13(17)9-18(22)23)21-19(24)14-3-1-2-12(8-14)15-6-7-25-11-15/h1-5,8,10,15H,6-7,9,11H2,(H,21,24)(H,22,23)/t15-/m0/s1. The highest BCUT2D eigenvalue weighted by atomic mass is 19.1. The van der Waals surface area contributed by atoms with Crippen molar-refractivity contribution in [3.8, 4) is 0 Å². The van der Waals surface area contributed by atoms with Crippen LogP contribution in [0.3, 0.4) is 0 Å². The van der Waals surface area contributed by atoms with Gasteiger partial charge >= 0.3 is 5.97 Å². The molecule has 1 aliphatic heterocycles. The number of aliphatic carboxylic acids is 1. The number of hydrogen-bond donors (Lipinski definition) is 2. The third kappa shape index (κ3) is 4.22. The van der Waals surface area contributed by atoms with E-state index in [0.717, 1.165) is 24.7 Å². The summed E-state index contributed by atoms with van der Waals surface area (Å²) >= 11 is 0. The van der Waals surface area contributed by atoms with Crippen LogP contribution in [0.4, 0.5) is 10.1 Å². The van der Waals surface area contributed by atoms with Gasteiger partial charge in [0.15, 0.2) is 0 Å². The SMILES string of the molecule is O=C(O)Cc1ccc(NC(=O)c2cccc([C@H]3CCOC3)c2)cc1F. The first-order valence-corrected chi connectivity index (χ1v) is 8.02. The third-order valence-electron chi connectivity index (χ3n) is 4.20. The molecule has 0 radical (unpaired) electrons. The van der Waals surface area contributed by atoms with Gasteiger partial charge in [-0.3, -0.25) is 9.59 Å². The number of carbonyl (C=O) groups excluding carboxylic acids is 1. The van der Waals surface area contributed by atoms with E-state index >= 15 is 0 Å². The van der Waals surface area contributed by atoms with Crippen molar-refractivity contribution in [3.63, 3.8) is 0 Å². The van der Waals surface area contributed by atoms with Crippen molar-refractivity contribution in [2.75, 3.05) is 18.5 Å². The Balaban J connectivity index is 1.72. The van der Waals surface area contributed by atoms with Crippen LogP contribution in [0.15, 0.2) is 42.5 Å². The predicted octanol–water partition coefficient (Wildman–Crippen LogP) is 3.21. The maximum absolute atomic E-state index is 13.9. The number of carboxylic acid groups (broad SMARTS) is 1. The van der Waals surface area contributed by atoms with Crippen LogP contribution in [-0.2, 0) is 16.0 Å². The average molecular weight is 343 g/mol. The summed E-state index contributed by atoms with van der Waals surface area (Å²) in [6.07, 6.45) is 0.535. The lowest BCUT2D eigenvalue weighted by Crippen LogP contribution is -2.13. The number of anilines is 1. The Kier molecular flexibility index (Phi) is 5.09. The zero-order valence-electron chi connectivity index (χ0n) is 13.5. The maximum atomic E-state index is 13.9. The smallest absolute Gasteiger partial charge is 0.307 e. The van der Waals surface area contributed by atoms with Crippen LogP contribution in [-0.4, -0.2) is 30.2 Å². The normalized spacial score (nSPS) is 16.6. The summed E-state index contributed by atoms with van der Waals surface area (Å²) in [4.78, 5) is 23.1. The highest BCUT2D eigenvalue weighted by Gasteiger charge is 2.19. The molecule has 1 amide bonds. The number of nitrogens with one attached hydrogen (secondary N) is 1. The van der Waals surface area contributed by atoms with E-state index in [4.69, 9.17) is 9.84 Å². The average Bonchev–Trinajstić information content (AvgIpc) is 3.12. The molecule has 0 spiro atoms. The maximum Gasteiger partial charge on any atom is 0.307 e. The molecule has 0 bridgehead atoms. The van der Waals surface area contributed by atoms with Gasteiger partial charge in [0.05, 0.1) is 13.0 Å². The van der Waals surface area contributed by atoms with Crippen molar-refractivity contribution in [3.05, 3.63) is 65.0 Å². The minimum atomic E-state index is -1.11. The molecule has 3 rings (SSSR count). The fraction of sp³-hybridized carbons (Fsp3) is 0.263. The van der Waals surface area contributed by atoms with Gasteiger partial charge in [-0.15, -0.1) is 0 Å². The van der Waals surface area contributed by atoms with Gasteiger partial charge in [-0.25, -0.2) is 4.39 Å². The van der Waals surface area contributed by atoms with Gasteiger partial charge in [0.2, 0.25) is 0 Å². The Morgan fingerprint density at radius 1 is 1.24 bits per heavy atom. The molecule has 1 atom stereocenters. The summed E-state index contributed by atoms with van der Waals surface area (Å²) in [5.74, 6) is -1.81. The van der Waals surface area contributed by atoms with Gasteiger partial charge in [0, 0.05) is 23.8 Å². The van der Waals surface area contributed by atoms with Crippen LogP contribution in [0.5, 0.6) is 0 Å². The van der Waals surface area contributed by atoms with Gasteiger partial charge in [-0.05, 0) is 41.8 Å². The van der Waals surface area contributed by atoms with E-state index in [2.05, 4.69) is 5.32 Å². The third-order valence-corrected chi connectivity index (χ3v) is 4.20. The van der Waals surface area contributed by atoms with Crippen molar-refractivity contribution < 1.29 is 23.8 Å². The Morgan fingerprint density at radius 2 is 2.08 bits per heavy atom. The number of rotatable bonds is 5. The van der Waals surface area contributed by atoms with Crippen molar-refractivity contribution in [1.82, 2.24) is 0 Å². The summed E-state index contributed by atoms with van der Waals surface area (Å²) in [5, 5.41) is 11.4. The fourth-order valence-corrected chi connectivity index (χ4v) is 2.87. The van der Waals surface area contributed by atoms with Crippen molar-refractivity contribution >= 4 is 17.6 Å². The van der Waals surface area contributed by atoms with Crippen molar-refractivity contribution in [2.24, 2.45) is 0 Å². The van der Waals surface area contributed by atoms with Crippen molar-refractivity contribution in [2.45, 2.75) is 18.8 Å². The summed E-state index contributed by atoms with van der Waals surface area (Å²) in [6.45, 7) is 1.38. The fourth-order valence-electron chi connectivity index (χ4n) is 2.87. The molecule has 1 aliphatic rings. The van der Waals surface area contributed by atoms with Crippen LogP contribution in [0.2, 0.25) is 0 Å². The highest BCUT2D eigenvalue weighted by Crippen LogP contribution is 2.26. The summed E-state index contributed by atoms with van der Waals surface area (Å²) in [5.41, 5.74) is 1.90. The molecule has 2 aromatic carbocycles. The molecule has 6 heteroatoms. The van der Waals surface area contributed by atoms with Gasteiger partial charge in [-0.1, -0.05) is 18.2 Å². The molecule has 1 heterocycles. The van der Waals surface area contributed by atoms with E-state index in [1.807, 2.05) is 18.2 Å². The molecule has 2 aromatic rings. The second kappa shape index (κ2) is 7.44. The Bertz CT molecular complexity index is 800. The van der Waals surface area contributed by atoms with E-state index in [0.29, 0.717) is 18.1 Å². The molecule has 0 aromatic heterocycles. The van der Waals surface area contributed by atoms with E-state index in [-0.39, 0.29) is 17.2 Å². The van der Waals surface area contributed by atoms with Crippen molar-refractivity contribution in [1.29, 1.82) is 0 Å². The number of ether oxygens (including phenoxy) is 1. The van der Waals surface area contributed by atoms with Gasteiger partial charge in [0.1, 0.15) is 5.82 Å². The summed E-state index contributed by atoms with van der Waals surface area (Å²) < 4.78 is 19.3. The number of amides is 1. The number of carbonyl (C=O) groups is 2. The number of benzene rings is 2. The monoisotopic (exact) mass is 343 g/mol. The largest absolute Gasteiger partial charge is 0.481 e. The molecule has 0 saturated carbocycles. The minimum absolute atomic E-state index is 0.0775. The van der Waals surface area contributed by atoms with Crippen LogP contribution >= 0.6 is 0 Å². The Hall–Kier alpha value is -2.73. The zero-order valence-corrected chi connectivity index (χ0v) is 13.5. The Labute approximate surface area is 144 Å².